The molecule has 0 bridgehead atoms. The SMILES string of the molecule is COc1cc(OC)cc(C(=O)NC(COCc2ccccc2)C(=O)Cc2ccc(Oc3ccccc3)cc2)c1. The Morgan fingerprint density at radius 1 is 0.692 bits per heavy atom. The summed E-state index contributed by atoms with van der Waals surface area (Å²) in [7, 11) is 3.02. The molecule has 1 atom stereocenters. The number of hydrogen-bond acceptors (Lipinski definition) is 6. The van der Waals surface area contributed by atoms with Gasteiger partial charge in [0.05, 0.1) is 27.4 Å². The predicted octanol–water partition coefficient (Wildman–Crippen LogP) is 5.62. The molecule has 4 rings (SSSR count). The van der Waals surface area contributed by atoms with Crippen LogP contribution in [0.2, 0.25) is 0 Å². The molecule has 0 saturated carbocycles. The molecule has 1 N–H and O–H groups in total. The Labute approximate surface area is 228 Å². The lowest BCUT2D eigenvalue weighted by Crippen LogP contribution is -2.44. The van der Waals surface area contributed by atoms with Gasteiger partial charge in [-0.1, -0.05) is 60.7 Å². The summed E-state index contributed by atoms with van der Waals surface area (Å²) in [5.74, 6) is 1.73. The van der Waals surface area contributed by atoms with E-state index in [4.69, 9.17) is 18.9 Å². The number of para-hydroxylation sites is 1. The van der Waals surface area contributed by atoms with Crippen LogP contribution in [0.5, 0.6) is 23.0 Å². The first-order valence-electron chi connectivity index (χ1n) is 12.5. The number of Topliss-reactive ketones (excluding diaryl/α,β-unsaturated/α-hetero) is 1. The summed E-state index contributed by atoms with van der Waals surface area (Å²) in [5, 5.41) is 2.84. The molecule has 0 heterocycles. The maximum absolute atomic E-state index is 13.4. The Hall–Kier alpha value is -4.62. The molecule has 7 heteroatoms. The topological polar surface area (TPSA) is 83.1 Å². The number of methoxy groups -OCH3 is 2. The van der Waals surface area contributed by atoms with E-state index in [1.807, 2.05) is 84.9 Å². The van der Waals surface area contributed by atoms with Gasteiger partial charge in [0.1, 0.15) is 29.0 Å². The molecule has 4 aromatic carbocycles. The molecule has 0 radical (unpaired) electrons. The summed E-state index contributed by atoms with van der Waals surface area (Å²) < 4.78 is 22.2. The minimum atomic E-state index is -0.862. The van der Waals surface area contributed by atoms with Crippen LogP contribution in [0.4, 0.5) is 0 Å². The van der Waals surface area contributed by atoms with Crippen molar-refractivity contribution in [2.75, 3.05) is 20.8 Å². The van der Waals surface area contributed by atoms with Gasteiger partial charge in [-0.25, -0.2) is 0 Å². The van der Waals surface area contributed by atoms with Gasteiger partial charge in [0.15, 0.2) is 5.78 Å². The molecule has 0 aliphatic heterocycles. The molecule has 1 unspecified atom stereocenters. The summed E-state index contributed by atoms with van der Waals surface area (Å²) in [6.45, 7) is 0.342. The molecule has 0 fully saturated rings. The van der Waals surface area contributed by atoms with E-state index in [0.717, 1.165) is 16.9 Å². The lowest BCUT2D eigenvalue weighted by molar-refractivity contribution is -0.121. The highest BCUT2D eigenvalue weighted by molar-refractivity contribution is 5.99. The van der Waals surface area contributed by atoms with Crippen LogP contribution in [-0.2, 0) is 22.6 Å². The van der Waals surface area contributed by atoms with Crippen LogP contribution in [0.3, 0.4) is 0 Å². The van der Waals surface area contributed by atoms with E-state index in [1.165, 1.54) is 14.2 Å². The maximum atomic E-state index is 13.4. The zero-order valence-corrected chi connectivity index (χ0v) is 22.0. The van der Waals surface area contributed by atoms with Crippen LogP contribution in [0.25, 0.3) is 0 Å². The van der Waals surface area contributed by atoms with E-state index in [2.05, 4.69) is 5.32 Å². The highest BCUT2D eigenvalue weighted by atomic mass is 16.5. The number of ether oxygens (including phenoxy) is 4. The Morgan fingerprint density at radius 3 is 1.90 bits per heavy atom. The second-order valence-electron chi connectivity index (χ2n) is 8.83. The molecule has 7 nitrogen and oxygen atoms in total. The smallest absolute Gasteiger partial charge is 0.252 e. The van der Waals surface area contributed by atoms with Gasteiger partial charge in [-0.3, -0.25) is 9.59 Å². The van der Waals surface area contributed by atoms with Gasteiger partial charge in [-0.2, -0.15) is 0 Å². The Kier molecular flexibility index (Phi) is 9.69. The van der Waals surface area contributed by atoms with Crippen LogP contribution in [0.1, 0.15) is 21.5 Å². The predicted molar refractivity (Wildman–Crippen MR) is 149 cm³/mol. The van der Waals surface area contributed by atoms with Crippen LogP contribution < -0.4 is 19.5 Å². The van der Waals surface area contributed by atoms with Gasteiger partial charge >= 0.3 is 0 Å². The van der Waals surface area contributed by atoms with Gasteiger partial charge in [0, 0.05) is 18.1 Å². The quantitative estimate of drug-likeness (QED) is 0.244. The summed E-state index contributed by atoms with van der Waals surface area (Å²) in [6, 6.07) is 30.4. The largest absolute Gasteiger partial charge is 0.497 e. The van der Waals surface area contributed by atoms with Crippen molar-refractivity contribution < 1.29 is 28.5 Å². The average molecular weight is 526 g/mol. The fourth-order valence-corrected chi connectivity index (χ4v) is 3.89. The zero-order valence-electron chi connectivity index (χ0n) is 22.0. The summed E-state index contributed by atoms with van der Waals surface area (Å²) in [4.78, 5) is 26.5. The number of carbonyl (C=O) groups is 2. The van der Waals surface area contributed by atoms with Crippen LogP contribution in [-0.4, -0.2) is 38.6 Å². The number of ketones is 1. The molecule has 0 aliphatic rings. The van der Waals surface area contributed by atoms with Gasteiger partial charge < -0.3 is 24.3 Å². The normalized spacial score (nSPS) is 11.3. The second kappa shape index (κ2) is 13.8. The van der Waals surface area contributed by atoms with E-state index in [0.29, 0.717) is 29.4 Å². The molecule has 4 aromatic rings. The van der Waals surface area contributed by atoms with Crippen molar-refractivity contribution in [2.24, 2.45) is 0 Å². The Bertz CT molecular complexity index is 1330. The molecular weight excluding hydrogens is 494 g/mol. The fourth-order valence-electron chi connectivity index (χ4n) is 3.89. The number of benzene rings is 4. The molecule has 0 aromatic heterocycles. The second-order valence-corrected chi connectivity index (χ2v) is 8.83. The highest BCUT2D eigenvalue weighted by Gasteiger charge is 2.23. The van der Waals surface area contributed by atoms with Crippen LogP contribution >= 0.6 is 0 Å². The number of carbonyl (C=O) groups excluding carboxylic acids is 2. The van der Waals surface area contributed by atoms with Crippen molar-refractivity contribution in [1.82, 2.24) is 5.32 Å². The first kappa shape index (κ1) is 27.4. The van der Waals surface area contributed by atoms with Crippen molar-refractivity contribution >= 4 is 11.7 Å². The first-order valence-corrected chi connectivity index (χ1v) is 12.5. The molecule has 0 spiro atoms. The molecule has 0 saturated heterocycles. The first-order chi connectivity index (χ1) is 19.0. The minimum absolute atomic E-state index is 0.0236. The van der Waals surface area contributed by atoms with E-state index in [1.54, 1.807) is 18.2 Å². The average Bonchev–Trinajstić information content (AvgIpc) is 2.98. The molecular formula is C32H31NO6. The fraction of sp³-hybridized carbons (Fsp3) is 0.188. The number of amides is 1. The van der Waals surface area contributed by atoms with Crippen molar-refractivity contribution in [1.29, 1.82) is 0 Å². The molecule has 200 valence electrons. The molecule has 39 heavy (non-hydrogen) atoms. The number of nitrogens with one attached hydrogen (secondary N) is 1. The third-order valence-corrected chi connectivity index (χ3v) is 5.98. The van der Waals surface area contributed by atoms with E-state index in [9.17, 15) is 9.59 Å². The van der Waals surface area contributed by atoms with Crippen LogP contribution in [0.15, 0.2) is 103 Å². The highest BCUT2D eigenvalue weighted by Crippen LogP contribution is 2.23. The van der Waals surface area contributed by atoms with Gasteiger partial charge in [-0.05, 0) is 47.5 Å². The van der Waals surface area contributed by atoms with Crippen molar-refractivity contribution in [3.8, 4) is 23.0 Å². The van der Waals surface area contributed by atoms with E-state index >= 15 is 0 Å². The van der Waals surface area contributed by atoms with E-state index < -0.39 is 11.9 Å². The summed E-state index contributed by atoms with van der Waals surface area (Å²) >= 11 is 0. The standard InChI is InChI=1S/C32H31NO6/c1-36-28-18-25(19-29(20-28)37-2)32(35)33-30(22-38-21-24-9-5-3-6-10-24)31(34)17-23-13-15-27(16-14-23)39-26-11-7-4-8-12-26/h3-16,18-20,30H,17,21-22H2,1-2H3,(H,33,35). The maximum Gasteiger partial charge on any atom is 0.252 e. The zero-order chi connectivity index (χ0) is 27.5. The molecule has 1 amide bonds. The van der Waals surface area contributed by atoms with Crippen molar-refractivity contribution in [3.05, 3.63) is 120 Å². The monoisotopic (exact) mass is 525 g/mol. The summed E-state index contributed by atoms with van der Waals surface area (Å²) in [5.41, 5.74) is 2.09. The van der Waals surface area contributed by atoms with Gasteiger partial charge in [0.25, 0.3) is 5.91 Å². The van der Waals surface area contributed by atoms with Crippen molar-refractivity contribution in [3.63, 3.8) is 0 Å². The number of rotatable bonds is 13. The Balaban J connectivity index is 1.45. The third-order valence-electron chi connectivity index (χ3n) is 5.98. The van der Waals surface area contributed by atoms with Crippen molar-refractivity contribution in [2.45, 2.75) is 19.1 Å². The molecule has 0 aliphatic carbocycles. The lowest BCUT2D eigenvalue weighted by atomic mass is 10.0. The number of hydrogen-bond donors (Lipinski definition) is 1. The Morgan fingerprint density at radius 2 is 1.28 bits per heavy atom. The third kappa shape index (κ3) is 8.18. The van der Waals surface area contributed by atoms with Crippen LogP contribution in [0, 0.1) is 0 Å². The van der Waals surface area contributed by atoms with E-state index in [-0.39, 0.29) is 18.8 Å². The lowest BCUT2D eigenvalue weighted by Gasteiger charge is -2.19. The minimum Gasteiger partial charge on any atom is -0.497 e. The van der Waals surface area contributed by atoms with Gasteiger partial charge in [-0.15, -0.1) is 0 Å². The summed E-state index contributed by atoms with van der Waals surface area (Å²) in [6.07, 6.45) is 0.118. The van der Waals surface area contributed by atoms with Gasteiger partial charge in [0.2, 0.25) is 0 Å².